The van der Waals surface area contributed by atoms with Crippen LogP contribution in [0.4, 0.5) is 4.39 Å². The minimum atomic E-state index is -3.73. The Morgan fingerprint density at radius 1 is 1.03 bits per heavy atom. The van der Waals surface area contributed by atoms with Gasteiger partial charge in [-0.2, -0.15) is 9.29 Å². The molecule has 3 aromatic rings. The second kappa shape index (κ2) is 8.25. The number of sulfonamides is 1. The van der Waals surface area contributed by atoms with E-state index in [2.05, 4.69) is 15.0 Å². The Bertz CT molecular complexity index is 1140. The largest absolute Gasteiger partial charge is 0.338 e. The van der Waals surface area contributed by atoms with Gasteiger partial charge in [-0.15, -0.1) is 0 Å². The van der Waals surface area contributed by atoms with Crippen molar-refractivity contribution in [2.75, 3.05) is 26.2 Å². The van der Waals surface area contributed by atoms with Crippen LogP contribution in [0.2, 0.25) is 0 Å². The fraction of sp³-hybridized carbons (Fsp3) is 0.333. The fourth-order valence-corrected chi connectivity index (χ4v) is 5.11. The quantitative estimate of drug-likeness (QED) is 0.619. The average molecular weight is 431 g/mol. The van der Waals surface area contributed by atoms with Crippen molar-refractivity contribution in [1.29, 1.82) is 0 Å². The van der Waals surface area contributed by atoms with Crippen molar-refractivity contribution >= 4 is 10.0 Å². The molecule has 0 N–H and O–H groups in total. The van der Waals surface area contributed by atoms with Gasteiger partial charge in [0, 0.05) is 31.7 Å². The second-order valence-corrected chi connectivity index (χ2v) is 9.37. The van der Waals surface area contributed by atoms with Gasteiger partial charge in [-0.25, -0.2) is 12.8 Å². The molecule has 0 radical (unpaired) electrons. The van der Waals surface area contributed by atoms with Crippen molar-refractivity contribution < 1.29 is 17.3 Å². The van der Waals surface area contributed by atoms with E-state index in [1.54, 1.807) is 6.92 Å². The molecular weight excluding hydrogens is 407 g/mol. The molecule has 0 unspecified atom stereocenters. The predicted octanol–water partition coefficient (Wildman–Crippen LogP) is 3.00. The van der Waals surface area contributed by atoms with Crippen LogP contribution >= 0.6 is 0 Å². The molecular formula is C21H23FN4O3S. The highest BCUT2D eigenvalue weighted by Crippen LogP contribution is 2.23. The van der Waals surface area contributed by atoms with Gasteiger partial charge in [0.25, 0.3) is 0 Å². The standard InChI is InChI=1S/C21H23FN4O3S/c1-15-3-6-17(7-4-15)21-23-20(29-24-21)14-25-9-11-26(12-10-25)30(27,28)19-13-18(22)8-5-16(19)2/h3-8,13H,9-12,14H2,1-2H3. The summed E-state index contributed by atoms with van der Waals surface area (Å²) < 4.78 is 46.2. The molecule has 0 atom stereocenters. The van der Waals surface area contributed by atoms with Crippen LogP contribution in [0.3, 0.4) is 0 Å². The summed E-state index contributed by atoms with van der Waals surface area (Å²) in [6, 6.07) is 11.7. The van der Waals surface area contributed by atoms with E-state index < -0.39 is 15.8 Å². The van der Waals surface area contributed by atoms with Gasteiger partial charge in [0.05, 0.1) is 11.4 Å². The Kier molecular flexibility index (Phi) is 5.68. The van der Waals surface area contributed by atoms with Crippen LogP contribution < -0.4 is 0 Å². The van der Waals surface area contributed by atoms with Crippen molar-refractivity contribution in [2.45, 2.75) is 25.3 Å². The van der Waals surface area contributed by atoms with Crippen molar-refractivity contribution in [2.24, 2.45) is 0 Å². The molecule has 0 saturated carbocycles. The van der Waals surface area contributed by atoms with Gasteiger partial charge in [0.2, 0.25) is 21.7 Å². The first-order valence-corrected chi connectivity index (χ1v) is 11.2. The van der Waals surface area contributed by atoms with E-state index in [0.717, 1.165) is 17.2 Å². The molecule has 1 aliphatic rings. The number of rotatable bonds is 5. The lowest BCUT2D eigenvalue weighted by Gasteiger charge is -2.33. The maximum absolute atomic E-state index is 13.6. The third-order valence-electron chi connectivity index (χ3n) is 5.24. The first-order valence-electron chi connectivity index (χ1n) is 9.71. The van der Waals surface area contributed by atoms with Gasteiger partial charge in [-0.3, -0.25) is 4.90 Å². The van der Waals surface area contributed by atoms with Crippen LogP contribution in [0.5, 0.6) is 0 Å². The summed E-state index contributed by atoms with van der Waals surface area (Å²) in [4.78, 5) is 6.54. The molecule has 1 saturated heterocycles. The van der Waals surface area contributed by atoms with E-state index in [0.29, 0.717) is 50.0 Å². The number of aromatic nitrogens is 2. The second-order valence-electron chi connectivity index (χ2n) is 7.47. The SMILES string of the molecule is Cc1ccc(-c2noc(CN3CCN(S(=O)(=O)c4cc(F)ccc4C)CC3)n2)cc1. The molecule has 30 heavy (non-hydrogen) atoms. The molecule has 158 valence electrons. The van der Waals surface area contributed by atoms with E-state index in [1.807, 2.05) is 31.2 Å². The van der Waals surface area contributed by atoms with Crippen molar-refractivity contribution in [3.05, 3.63) is 65.3 Å². The molecule has 0 bridgehead atoms. The summed E-state index contributed by atoms with van der Waals surface area (Å²) in [5.41, 5.74) is 2.58. The highest BCUT2D eigenvalue weighted by atomic mass is 32.2. The molecule has 1 aliphatic heterocycles. The zero-order valence-electron chi connectivity index (χ0n) is 16.9. The fourth-order valence-electron chi connectivity index (χ4n) is 3.45. The van der Waals surface area contributed by atoms with Crippen LogP contribution in [-0.2, 0) is 16.6 Å². The number of nitrogens with zero attached hydrogens (tertiary/aromatic N) is 4. The number of hydrogen-bond acceptors (Lipinski definition) is 6. The Hall–Kier alpha value is -2.62. The van der Waals surface area contributed by atoms with Gasteiger partial charge in [-0.05, 0) is 31.5 Å². The maximum Gasteiger partial charge on any atom is 0.243 e. The summed E-state index contributed by atoms with van der Waals surface area (Å²) in [5.74, 6) is 0.467. The monoisotopic (exact) mass is 430 g/mol. The first-order chi connectivity index (χ1) is 14.3. The third kappa shape index (κ3) is 4.28. The lowest BCUT2D eigenvalue weighted by molar-refractivity contribution is 0.163. The Labute approximate surface area is 175 Å². The van der Waals surface area contributed by atoms with Gasteiger partial charge in [0.1, 0.15) is 5.82 Å². The molecule has 1 aromatic heterocycles. The number of hydrogen-bond donors (Lipinski definition) is 0. The van der Waals surface area contributed by atoms with E-state index in [9.17, 15) is 12.8 Å². The number of aryl methyl sites for hydroxylation is 2. The molecule has 0 amide bonds. The van der Waals surface area contributed by atoms with E-state index in [4.69, 9.17) is 4.52 Å². The van der Waals surface area contributed by atoms with Crippen LogP contribution in [0, 0.1) is 19.7 Å². The lowest BCUT2D eigenvalue weighted by atomic mass is 10.1. The minimum Gasteiger partial charge on any atom is -0.338 e. The summed E-state index contributed by atoms with van der Waals surface area (Å²) in [6.07, 6.45) is 0. The van der Waals surface area contributed by atoms with Crippen LogP contribution in [0.15, 0.2) is 51.9 Å². The maximum atomic E-state index is 13.6. The molecule has 1 fully saturated rings. The summed E-state index contributed by atoms with van der Waals surface area (Å²) in [5, 5.41) is 4.04. The minimum absolute atomic E-state index is 0.0237. The van der Waals surface area contributed by atoms with Crippen molar-refractivity contribution in [3.8, 4) is 11.4 Å². The van der Waals surface area contributed by atoms with E-state index in [-0.39, 0.29) is 4.90 Å². The lowest BCUT2D eigenvalue weighted by Crippen LogP contribution is -2.48. The molecule has 2 heterocycles. The van der Waals surface area contributed by atoms with Crippen molar-refractivity contribution in [3.63, 3.8) is 0 Å². The Morgan fingerprint density at radius 2 is 1.73 bits per heavy atom. The summed E-state index contributed by atoms with van der Waals surface area (Å²) >= 11 is 0. The normalized spacial score (nSPS) is 16.1. The molecule has 0 aliphatic carbocycles. The predicted molar refractivity (Wildman–Crippen MR) is 110 cm³/mol. The Balaban J connectivity index is 1.39. The van der Waals surface area contributed by atoms with E-state index in [1.165, 1.54) is 16.4 Å². The third-order valence-corrected chi connectivity index (χ3v) is 7.28. The summed E-state index contributed by atoms with van der Waals surface area (Å²) in [7, 11) is -3.73. The number of piperazine rings is 1. The van der Waals surface area contributed by atoms with Gasteiger partial charge >= 0.3 is 0 Å². The van der Waals surface area contributed by atoms with Crippen molar-refractivity contribution in [1.82, 2.24) is 19.3 Å². The highest BCUT2D eigenvalue weighted by Gasteiger charge is 2.30. The van der Waals surface area contributed by atoms with Gasteiger partial charge < -0.3 is 4.52 Å². The molecule has 7 nitrogen and oxygen atoms in total. The highest BCUT2D eigenvalue weighted by molar-refractivity contribution is 7.89. The van der Waals surface area contributed by atoms with Gasteiger partial charge in [-0.1, -0.05) is 41.1 Å². The average Bonchev–Trinajstić information content (AvgIpc) is 3.19. The molecule has 9 heteroatoms. The molecule has 4 rings (SSSR count). The topological polar surface area (TPSA) is 79.5 Å². The zero-order chi connectivity index (χ0) is 21.3. The molecule has 2 aromatic carbocycles. The first kappa shape index (κ1) is 20.6. The van der Waals surface area contributed by atoms with Gasteiger partial charge in [0.15, 0.2) is 0 Å². The van der Waals surface area contributed by atoms with Crippen LogP contribution in [0.25, 0.3) is 11.4 Å². The zero-order valence-corrected chi connectivity index (χ0v) is 17.7. The number of benzene rings is 2. The van der Waals surface area contributed by atoms with Crippen LogP contribution in [-0.4, -0.2) is 53.9 Å². The number of halogens is 1. The molecule has 0 spiro atoms. The van der Waals surface area contributed by atoms with E-state index >= 15 is 0 Å². The van der Waals surface area contributed by atoms with Crippen LogP contribution in [0.1, 0.15) is 17.0 Å². The smallest absolute Gasteiger partial charge is 0.243 e. The Morgan fingerprint density at radius 3 is 2.43 bits per heavy atom. The summed E-state index contributed by atoms with van der Waals surface area (Å²) in [6.45, 7) is 5.82.